The highest BCUT2D eigenvalue weighted by molar-refractivity contribution is 9.10. The normalized spacial score (nSPS) is 15.9. The van der Waals surface area contributed by atoms with Crippen molar-refractivity contribution in [1.29, 1.82) is 0 Å². The molecule has 0 unspecified atom stereocenters. The van der Waals surface area contributed by atoms with Crippen LogP contribution in [0.15, 0.2) is 17.0 Å². The van der Waals surface area contributed by atoms with Crippen LogP contribution in [0.3, 0.4) is 0 Å². The monoisotopic (exact) mass is 328 g/mol. The van der Waals surface area contributed by atoms with Gasteiger partial charge in [-0.15, -0.1) is 0 Å². The summed E-state index contributed by atoms with van der Waals surface area (Å²) in [6.45, 7) is 6.82. The summed E-state index contributed by atoms with van der Waals surface area (Å²) in [4.78, 5) is 21.5. The Bertz CT molecular complexity index is 469. The standard InChI is InChI=1S/C12H17BrN4O2/c1-12(2,3)19-11(18)17-5-8(6-17)16-10-4-9(13)14-7-15-10/h4,7-8H,5-6H2,1-3H3,(H,14,15,16). The lowest BCUT2D eigenvalue weighted by molar-refractivity contribution is 0.0104. The average molecular weight is 329 g/mol. The Morgan fingerprint density at radius 2 is 2.16 bits per heavy atom. The molecule has 0 bridgehead atoms. The van der Waals surface area contributed by atoms with Gasteiger partial charge in [0.2, 0.25) is 0 Å². The summed E-state index contributed by atoms with van der Waals surface area (Å²) in [5.41, 5.74) is -0.451. The average Bonchev–Trinajstić information content (AvgIpc) is 2.20. The van der Waals surface area contributed by atoms with Gasteiger partial charge in [0.05, 0.1) is 6.04 Å². The van der Waals surface area contributed by atoms with Crippen LogP contribution in [0, 0.1) is 0 Å². The molecule has 1 fully saturated rings. The highest BCUT2D eigenvalue weighted by atomic mass is 79.9. The van der Waals surface area contributed by atoms with E-state index in [9.17, 15) is 4.79 Å². The van der Waals surface area contributed by atoms with Gasteiger partial charge in [0.15, 0.2) is 0 Å². The summed E-state index contributed by atoms with van der Waals surface area (Å²) in [5.74, 6) is 0.746. The van der Waals surface area contributed by atoms with Crippen LogP contribution in [0.1, 0.15) is 20.8 Å². The van der Waals surface area contributed by atoms with Gasteiger partial charge in [0, 0.05) is 19.2 Å². The molecule has 104 valence electrons. The number of anilines is 1. The van der Waals surface area contributed by atoms with Crippen LogP contribution in [0.5, 0.6) is 0 Å². The molecule has 0 radical (unpaired) electrons. The van der Waals surface area contributed by atoms with Gasteiger partial charge in [0.1, 0.15) is 22.3 Å². The quantitative estimate of drug-likeness (QED) is 0.843. The molecule has 7 heteroatoms. The number of nitrogens with zero attached hydrogens (tertiary/aromatic N) is 3. The molecule has 1 aromatic heterocycles. The Labute approximate surface area is 120 Å². The third-order valence-electron chi connectivity index (χ3n) is 2.52. The van der Waals surface area contributed by atoms with E-state index >= 15 is 0 Å². The fourth-order valence-corrected chi connectivity index (χ4v) is 1.98. The van der Waals surface area contributed by atoms with E-state index in [1.165, 1.54) is 6.33 Å². The van der Waals surface area contributed by atoms with Gasteiger partial charge in [-0.3, -0.25) is 0 Å². The smallest absolute Gasteiger partial charge is 0.410 e. The number of carbonyl (C=O) groups is 1. The van der Waals surface area contributed by atoms with E-state index in [1.807, 2.05) is 20.8 Å². The number of nitrogens with one attached hydrogen (secondary N) is 1. The molecule has 2 heterocycles. The van der Waals surface area contributed by atoms with E-state index in [-0.39, 0.29) is 12.1 Å². The van der Waals surface area contributed by atoms with Gasteiger partial charge in [-0.05, 0) is 36.7 Å². The van der Waals surface area contributed by atoms with Crippen molar-refractivity contribution in [2.45, 2.75) is 32.4 Å². The predicted octanol–water partition coefficient (Wildman–Crippen LogP) is 2.27. The molecule has 1 amide bonds. The molecule has 19 heavy (non-hydrogen) atoms. The van der Waals surface area contributed by atoms with E-state index < -0.39 is 5.60 Å². The Morgan fingerprint density at radius 1 is 1.47 bits per heavy atom. The number of hydrogen-bond donors (Lipinski definition) is 1. The maximum atomic E-state index is 11.7. The summed E-state index contributed by atoms with van der Waals surface area (Å²) >= 11 is 3.28. The van der Waals surface area contributed by atoms with Crippen molar-refractivity contribution in [3.8, 4) is 0 Å². The molecule has 1 aliphatic heterocycles. The van der Waals surface area contributed by atoms with E-state index in [2.05, 4.69) is 31.2 Å². The zero-order valence-corrected chi connectivity index (χ0v) is 12.8. The van der Waals surface area contributed by atoms with Gasteiger partial charge < -0.3 is 15.0 Å². The fraction of sp³-hybridized carbons (Fsp3) is 0.583. The Balaban J connectivity index is 1.79. The number of amides is 1. The Hall–Kier alpha value is -1.37. The third-order valence-corrected chi connectivity index (χ3v) is 2.95. The highest BCUT2D eigenvalue weighted by Gasteiger charge is 2.33. The van der Waals surface area contributed by atoms with E-state index in [0.717, 1.165) is 10.4 Å². The number of carbonyl (C=O) groups excluding carboxylic acids is 1. The molecular formula is C12H17BrN4O2. The number of likely N-dealkylation sites (tertiary alicyclic amines) is 1. The van der Waals surface area contributed by atoms with Gasteiger partial charge in [-0.1, -0.05) is 0 Å². The first kappa shape index (κ1) is 14.0. The van der Waals surface area contributed by atoms with Crippen LogP contribution in [-0.2, 0) is 4.74 Å². The molecule has 1 saturated heterocycles. The van der Waals surface area contributed by atoms with Crippen LogP contribution < -0.4 is 5.32 Å². The maximum Gasteiger partial charge on any atom is 0.410 e. The molecule has 0 aromatic carbocycles. The molecule has 0 atom stereocenters. The minimum absolute atomic E-state index is 0.203. The molecular weight excluding hydrogens is 312 g/mol. The molecule has 2 rings (SSSR count). The van der Waals surface area contributed by atoms with Crippen molar-refractivity contribution >= 4 is 27.8 Å². The van der Waals surface area contributed by atoms with Gasteiger partial charge in [0.25, 0.3) is 0 Å². The minimum atomic E-state index is -0.451. The first-order valence-electron chi connectivity index (χ1n) is 6.05. The zero-order chi connectivity index (χ0) is 14.0. The van der Waals surface area contributed by atoms with Crippen molar-refractivity contribution in [2.24, 2.45) is 0 Å². The van der Waals surface area contributed by atoms with Crippen molar-refractivity contribution < 1.29 is 9.53 Å². The number of ether oxygens (including phenoxy) is 1. The second-order valence-electron chi connectivity index (χ2n) is 5.45. The number of aromatic nitrogens is 2. The third kappa shape index (κ3) is 4.05. The summed E-state index contributed by atoms with van der Waals surface area (Å²) in [7, 11) is 0. The largest absolute Gasteiger partial charge is 0.444 e. The van der Waals surface area contributed by atoms with Crippen LogP contribution in [-0.4, -0.2) is 45.7 Å². The highest BCUT2D eigenvalue weighted by Crippen LogP contribution is 2.18. The number of rotatable bonds is 2. The van der Waals surface area contributed by atoms with Crippen LogP contribution in [0.4, 0.5) is 10.6 Å². The van der Waals surface area contributed by atoms with E-state index in [4.69, 9.17) is 4.74 Å². The fourth-order valence-electron chi connectivity index (χ4n) is 1.67. The lowest BCUT2D eigenvalue weighted by Crippen LogP contribution is -2.58. The summed E-state index contributed by atoms with van der Waals surface area (Å²) in [6, 6.07) is 2.00. The zero-order valence-electron chi connectivity index (χ0n) is 11.2. The predicted molar refractivity (Wildman–Crippen MR) is 74.9 cm³/mol. The van der Waals surface area contributed by atoms with Crippen molar-refractivity contribution in [3.05, 3.63) is 17.0 Å². The molecule has 0 spiro atoms. The van der Waals surface area contributed by atoms with Crippen molar-refractivity contribution in [1.82, 2.24) is 14.9 Å². The molecule has 1 aromatic rings. The van der Waals surface area contributed by atoms with Gasteiger partial charge in [-0.25, -0.2) is 14.8 Å². The first-order valence-corrected chi connectivity index (χ1v) is 6.85. The number of hydrogen-bond acceptors (Lipinski definition) is 5. The van der Waals surface area contributed by atoms with E-state index in [1.54, 1.807) is 11.0 Å². The first-order chi connectivity index (χ1) is 8.83. The minimum Gasteiger partial charge on any atom is -0.444 e. The molecule has 1 N–H and O–H groups in total. The van der Waals surface area contributed by atoms with Crippen LogP contribution >= 0.6 is 15.9 Å². The molecule has 0 aliphatic carbocycles. The second-order valence-corrected chi connectivity index (χ2v) is 6.27. The van der Waals surface area contributed by atoms with Crippen molar-refractivity contribution in [3.63, 3.8) is 0 Å². The van der Waals surface area contributed by atoms with Gasteiger partial charge in [-0.2, -0.15) is 0 Å². The molecule has 0 saturated carbocycles. The van der Waals surface area contributed by atoms with E-state index in [0.29, 0.717) is 13.1 Å². The van der Waals surface area contributed by atoms with Crippen LogP contribution in [0.2, 0.25) is 0 Å². The lowest BCUT2D eigenvalue weighted by Gasteiger charge is -2.40. The number of halogens is 1. The van der Waals surface area contributed by atoms with Crippen molar-refractivity contribution in [2.75, 3.05) is 18.4 Å². The Morgan fingerprint density at radius 3 is 2.74 bits per heavy atom. The summed E-state index contributed by atoms with van der Waals surface area (Å²) in [6.07, 6.45) is 1.21. The SMILES string of the molecule is CC(C)(C)OC(=O)N1CC(Nc2cc(Br)ncn2)C1. The molecule has 1 aliphatic rings. The summed E-state index contributed by atoms with van der Waals surface area (Å²) in [5, 5.41) is 3.24. The second kappa shape index (κ2) is 5.32. The summed E-state index contributed by atoms with van der Waals surface area (Å²) < 4.78 is 6.02. The van der Waals surface area contributed by atoms with Gasteiger partial charge >= 0.3 is 6.09 Å². The van der Waals surface area contributed by atoms with Crippen LogP contribution in [0.25, 0.3) is 0 Å². The topological polar surface area (TPSA) is 67.3 Å². The molecule has 6 nitrogen and oxygen atoms in total. The maximum absolute atomic E-state index is 11.7. The Kier molecular flexibility index (Phi) is 3.93. The lowest BCUT2D eigenvalue weighted by atomic mass is 10.1.